The van der Waals surface area contributed by atoms with Crippen LogP contribution in [0, 0.1) is 0 Å². The van der Waals surface area contributed by atoms with Gasteiger partial charge in [-0.05, 0) is 20.8 Å². The van der Waals surface area contributed by atoms with Crippen LogP contribution in [0.15, 0.2) is 10.4 Å². The second-order valence-electron chi connectivity index (χ2n) is 8.06. The van der Waals surface area contributed by atoms with E-state index in [0.717, 1.165) is 23.2 Å². The number of thiazole rings is 1. The predicted molar refractivity (Wildman–Crippen MR) is 120 cm³/mol. The number of guanidine groups is 1. The van der Waals surface area contributed by atoms with Gasteiger partial charge < -0.3 is 10.2 Å². The molecule has 9 heteroatoms. The van der Waals surface area contributed by atoms with Crippen molar-refractivity contribution >= 4 is 51.1 Å². The van der Waals surface area contributed by atoms with Gasteiger partial charge in [-0.15, -0.1) is 35.3 Å². The lowest BCUT2D eigenvalue weighted by molar-refractivity contribution is 0.353. The molecule has 6 nitrogen and oxygen atoms in total. The summed E-state index contributed by atoms with van der Waals surface area (Å²) in [6.07, 6.45) is 0. The number of halogens is 1. The molecule has 1 N–H and O–H groups in total. The molecule has 0 saturated carbocycles. The van der Waals surface area contributed by atoms with Crippen molar-refractivity contribution in [2.45, 2.75) is 58.2 Å². The van der Waals surface area contributed by atoms with Gasteiger partial charge in [0.1, 0.15) is 0 Å². The molecule has 0 aromatic carbocycles. The molecule has 0 spiro atoms. The first-order chi connectivity index (χ1) is 11.5. The quantitative estimate of drug-likeness (QED) is 0.382. The molecule has 1 saturated heterocycles. The van der Waals surface area contributed by atoms with E-state index < -0.39 is 14.6 Å². The maximum atomic E-state index is 12.2. The number of aliphatic imine (C=N–C) groups is 1. The van der Waals surface area contributed by atoms with Crippen molar-refractivity contribution in [3.8, 4) is 0 Å². The maximum absolute atomic E-state index is 12.2. The van der Waals surface area contributed by atoms with E-state index in [9.17, 15) is 8.42 Å². The summed E-state index contributed by atoms with van der Waals surface area (Å²) in [5, 5.41) is 6.44. The molecular formula is C17H31IN4O2S2. The van der Waals surface area contributed by atoms with Gasteiger partial charge >= 0.3 is 0 Å². The van der Waals surface area contributed by atoms with Gasteiger partial charge in [-0.2, -0.15) is 0 Å². The molecule has 2 heterocycles. The fourth-order valence-corrected chi connectivity index (χ4v) is 4.89. The second kappa shape index (κ2) is 8.72. The number of nitrogens with zero attached hydrogens (tertiary/aromatic N) is 3. The summed E-state index contributed by atoms with van der Waals surface area (Å²) in [6, 6.07) is 0. The van der Waals surface area contributed by atoms with Crippen LogP contribution in [0.4, 0.5) is 0 Å². The summed E-state index contributed by atoms with van der Waals surface area (Å²) in [5.74, 6) is 0.922. The fourth-order valence-electron chi connectivity index (χ4n) is 2.63. The zero-order chi connectivity index (χ0) is 18.9. The van der Waals surface area contributed by atoms with Crippen molar-refractivity contribution in [2.24, 2.45) is 4.99 Å². The van der Waals surface area contributed by atoms with Crippen molar-refractivity contribution < 1.29 is 8.42 Å². The Morgan fingerprint density at radius 1 is 1.42 bits per heavy atom. The van der Waals surface area contributed by atoms with E-state index in [4.69, 9.17) is 4.99 Å². The van der Waals surface area contributed by atoms with Crippen LogP contribution in [0.1, 0.15) is 52.2 Å². The Bertz CT molecular complexity index is 736. The highest BCUT2D eigenvalue weighted by Gasteiger charge is 2.40. The number of sulfone groups is 1. The molecule has 1 aromatic heterocycles. The highest BCUT2D eigenvalue weighted by Crippen LogP contribution is 2.26. The first-order valence-corrected chi connectivity index (χ1v) is 11.2. The average Bonchev–Trinajstić information content (AvgIpc) is 2.95. The molecule has 0 aliphatic carbocycles. The van der Waals surface area contributed by atoms with Crippen LogP contribution in [0.3, 0.4) is 0 Å². The van der Waals surface area contributed by atoms with E-state index in [1.165, 1.54) is 0 Å². The maximum Gasteiger partial charge on any atom is 0.194 e. The molecular weight excluding hydrogens is 483 g/mol. The smallest absolute Gasteiger partial charge is 0.194 e. The minimum atomic E-state index is -3.06. The first-order valence-electron chi connectivity index (χ1n) is 8.67. The minimum Gasteiger partial charge on any atom is -0.357 e. The Morgan fingerprint density at radius 2 is 2.08 bits per heavy atom. The summed E-state index contributed by atoms with van der Waals surface area (Å²) >= 11 is 1.66. The number of hydrogen-bond acceptors (Lipinski definition) is 5. The summed E-state index contributed by atoms with van der Waals surface area (Å²) < 4.78 is 23.7. The third-order valence-corrected chi connectivity index (χ3v) is 8.11. The van der Waals surface area contributed by atoms with Crippen LogP contribution in [0.25, 0.3) is 0 Å². The van der Waals surface area contributed by atoms with Gasteiger partial charge in [-0.25, -0.2) is 18.4 Å². The molecule has 0 atom stereocenters. The molecule has 1 aliphatic rings. The Kier molecular flexibility index (Phi) is 7.93. The molecule has 0 amide bonds. The van der Waals surface area contributed by atoms with Gasteiger partial charge in [0, 0.05) is 30.4 Å². The van der Waals surface area contributed by atoms with E-state index in [1.807, 2.05) is 11.8 Å². The van der Waals surface area contributed by atoms with Crippen molar-refractivity contribution in [3.63, 3.8) is 0 Å². The number of rotatable bonds is 3. The number of hydrogen-bond donors (Lipinski definition) is 1. The summed E-state index contributed by atoms with van der Waals surface area (Å²) in [5.41, 5.74) is 0.997. The SMILES string of the molecule is CCNC(=NCc1csc(C(C)(C)C)n1)N1CCS(=O)(=O)C(C)(C)C1.I. The van der Waals surface area contributed by atoms with Gasteiger partial charge in [-0.3, -0.25) is 0 Å². The number of nitrogens with one attached hydrogen (secondary N) is 1. The van der Waals surface area contributed by atoms with Crippen LogP contribution in [0.5, 0.6) is 0 Å². The summed E-state index contributed by atoms with van der Waals surface area (Å²) in [6.45, 7) is 14.2. The molecule has 0 unspecified atom stereocenters. The Labute approximate surface area is 178 Å². The van der Waals surface area contributed by atoms with Gasteiger partial charge in [0.05, 0.1) is 27.7 Å². The molecule has 1 aromatic rings. The predicted octanol–water partition coefficient (Wildman–Crippen LogP) is 3.03. The van der Waals surface area contributed by atoms with Gasteiger partial charge in [0.15, 0.2) is 15.8 Å². The monoisotopic (exact) mass is 514 g/mol. The van der Waals surface area contributed by atoms with Crippen LogP contribution in [-0.2, 0) is 21.8 Å². The molecule has 26 heavy (non-hydrogen) atoms. The third-order valence-electron chi connectivity index (χ3n) is 4.26. The summed E-state index contributed by atoms with van der Waals surface area (Å²) in [4.78, 5) is 11.4. The Morgan fingerprint density at radius 3 is 2.58 bits per heavy atom. The van der Waals surface area contributed by atoms with Crippen molar-refractivity contribution in [2.75, 3.05) is 25.4 Å². The highest BCUT2D eigenvalue weighted by atomic mass is 127. The first kappa shape index (κ1) is 23.6. The lowest BCUT2D eigenvalue weighted by atomic mass is 9.98. The Balaban J connectivity index is 0.00000338. The normalized spacial score (nSPS) is 19.8. The standard InChI is InChI=1S/C17H30N4O2S2.HI/c1-7-18-15(21-8-9-25(22,23)17(5,6)12-21)19-10-13-11-24-14(20-13)16(2,3)4;/h11H,7-10,12H2,1-6H3,(H,18,19);1H. The highest BCUT2D eigenvalue weighted by molar-refractivity contribution is 14.0. The van der Waals surface area contributed by atoms with Gasteiger partial charge in [0.2, 0.25) is 0 Å². The van der Waals surface area contributed by atoms with Crippen LogP contribution in [0.2, 0.25) is 0 Å². The van der Waals surface area contributed by atoms with Crippen molar-refractivity contribution in [1.29, 1.82) is 0 Å². The fraction of sp³-hybridized carbons (Fsp3) is 0.765. The van der Waals surface area contributed by atoms with Gasteiger partial charge in [-0.1, -0.05) is 20.8 Å². The molecule has 150 valence electrons. The van der Waals surface area contributed by atoms with E-state index in [0.29, 0.717) is 19.6 Å². The van der Waals surface area contributed by atoms with Crippen LogP contribution in [-0.4, -0.2) is 54.4 Å². The van der Waals surface area contributed by atoms with E-state index in [1.54, 1.807) is 25.2 Å². The van der Waals surface area contributed by atoms with E-state index in [-0.39, 0.29) is 35.1 Å². The lowest BCUT2D eigenvalue weighted by Crippen LogP contribution is -2.57. The molecule has 0 radical (unpaired) electrons. The van der Waals surface area contributed by atoms with E-state index in [2.05, 4.69) is 36.5 Å². The van der Waals surface area contributed by atoms with Crippen molar-refractivity contribution in [1.82, 2.24) is 15.2 Å². The van der Waals surface area contributed by atoms with E-state index >= 15 is 0 Å². The third kappa shape index (κ3) is 5.54. The molecule has 0 bridgehead atoms. The molecule has 1 fully saturated rings. The van der Waals surface area contributed by atoms with Gasteiger partial charge in [0.25, 0.3) is 0 Å². The average molecular weight is 514 g/mol. The minimum absolute atomic E-state index is 0. The second-order valence-corrected chi connectivity index (χ2v) is 11.7. The topological polar surface area (TPSA) is 74.7 Å². The zero-order valence-electron chi connectivity index (χ0n) is 16.5. The largest absolute Gasteiger partial charge is 0.357 e. The van der Waals surface area contributed by atoms with Crippen LogP contribution < -0.4 is 5.32 Å². The zero-order valence-corrected chi connectivity index (χ0v) is 20.5. The lowest BCUT2D eigenvalue weighted by Gasteiger charge is -2.39. The molecule has 2 rings (SSSR count). The van der Waals surface area contributed by atoms with Crippen molar-refractivity contribution in [3.05, 3.63) is 16.1 Å². The number of aromatic nitrogens is 1. The summed E-state index contributed by atoms with van der Waals surface area (Å²) in [7, 11) is -3.06. The van der Waals surface area contributed by atoms with Crippen LogP contribution >= 0.6 is 35.3 Å². The Hall–Kier alpha value is -0.420. The molecule has 1 aliphatic heterocycles.